The second-order valence-corrected chi connectivity index (χ2v) is 7.43. The van der Waals surface area contributed by atoms with Gasteiger partial charge in [-0.3, -0.25) is 9.69 Å². The third-order valence-corrected chi connectivity index (χ3v) is 4.78. The third kappa shape index (κ3) is 5.94. The van der Waals surface area contributed by atoms with E-state index < -0.39 is 17.2 Å². The maximum absolute atomic E-state index is 14.6. The zero-order valence-electron chi connectivity index (χ0n) is 17.4. The molecule has 0 saturated carbocycles. The zero-order chi connectivity index (χ0) is 23.1. The van der Waals surface area contributed by atoms with Crippen molar-refractivity contribution >= 4 is 11.6 Å². The second-order valence-electron chi connectivity index (χ2n) is 7.43. The Morgan fingerprint density at radius 2 is 2.03 bits per heavy atom. The van der Waals surface area contributed by atoms with Gasteiger partial charge in [0.15, 0.2) is 0 Å². The number of carbonyl (C=O) groups excluding carboxylic acids is 1. The van der Waals surface area contributed by atoms with Crippen LogP contribution < -0.4 is 5.32 Å². The van der Waals surface area contributed by atoms with E-state index in [9.17, 15) is 23.9 Å². The molecule has 0 radical (unpaired) electrons. The van der Waals surface area contributed by atoms with Crippen LogP contribution in [0.4, 0.5) is 14.5 Å². The molecule has 0 saturated heterocycles. The fourth-order valence-electron chi connectivity index (χ4n) is 3.46. The summed E-state index contributed by atoms with van der Waals surface area (Å²) in [6, 6.07) is 12.0. The van der Waals surface area contributed by atoms with Gasteiger partial charge in [-0.2, -0.15) is 10.4 Å². The van der Waals surface area contributed by atoms with Crippen LogP contribution in [-0.2, 0) is 23.5 Å². The van der Waals surface area contributed by atoms with Crippen molar-refractivity contribution in [3.05, 3.63) is 77.9 Å². The number of nitrogens with zero attached hydrogens (tertiary/aromatic N) is 5. The molecule has 0 fully saturated rings. The number of nitrogens with one attached hydrogen (secondary N) is 1. The Bertz CT molecular complexity index is 1100. The summed E-state index contributed by atoms with van der Waals surface area (Å²) in [5, 5.41) is 27.4. The number of benzene rings is 2. The summed E-state index contributed by atoms with van der Waals surface area (Å²) in [4.78, 5) is 16.7. The van der Waals surface area contributed by atoms with Crippen molar-refractivity contribution in [3.63, 3.8) is 0 Å². The van der Waals surface area contributed by atoms with Gasteiger partial charge in [0, 0.05) is 37.3 Å². The first kappa shape index (κ1) is 23.0. The zero-order valence-corrected chi connectivity index (χ0v) is 17.4. The van der Waals surface area contributed by atoms with Gasteiger partial charge in [-0.05, 0) is 23.8 Å². The minimum atomic E-state index is -1.82. The number of hydrogen-bond donors (Lipinski definition) is 2. The summed E-state index contributed by atoms with van der Waals surface area (Å²) in [6.07, 6.45) is 2.66. The normalized spacial score (nSPS) is 12.9. The minimum absolute atomic E-state index is 0.0457. The summed E-state index contributed by atoms with van der Waals surface area (Å²) in [7, 11) is 0. The van der Waals surface area contributed by atoms with Crippen LogP contribution in [-0.4, -0.2) is 43.8 Å². The molecule has 3 aromatic rings. The average molecular weight is 440 g/mol. The van der Waals surface area contributed by atoms with Crippen LogP contribution in [0.3, 0.4) is 0 Å². The van der Waals surface area contributed by atoms with Crippen LogP contribution in [0.25, 0.3) is 0 Å². The van der Waals surface area contributed by atoms with Gasteiger partial charge in [-0.15, -0.1) is 0 Å². The first-order chi connectivity index (χ1) is 15.3. The summed E-state index contributed by atoms with van der Waals surface area (Å²) >= 11 is 0. The van der Waals surface area contributed by atoms with Crippen LogP contribution in [0.2, 0.25) is 0 Å². The molecule has 2 aromatic carbocycles. The van der Waals surface area contributed by atoms with E-state index in [1.807, 2.05) is 0 Å². The van der Waals surface area contributed by atoms with Gasteiger partial charge in [0.25, 0.3) is 0 Å². The molecule has 2 N–H and O–H groups in total. The number of aliphatic hydroxyl groups is 1. The van der Waals surface area contributed by atoms with Gasteiger partial charge in [0.05, 0.1) is 19.2 Å². The highest BCUT2D eigenvalue weighted by atomic mass is 19.1. The lowest BCUT2D eigenvalue weighted by Crippen LogP contribution is -2.44. The predicted molar refractivity (Wildman–Crippen MR) is 112 cm³/mol. The fraction of sp³-hybridized carbons (Fsp3) is 0.273. The van der Waals surface area contributed by atoms with Crippen molar-refractivity contribution in [3.8, 4) is 6.07 Å². The maximum atomic E-state index is 14.6. The molecule has 3 rings (SSSR count). The molecule has 1 aromatic heterocycles. The lowest BCUT2D eigenvalue weighted by Gasteiger charge is -2.34. The van der Waals surface area contributed by atoms with Crippen molar-refractivity contribution in [2.75, 3.05) is 18.4 Å². The third-order valence-electron chi connectivity index (χ3n) is 4.78. The number of rotatable bonds is 9. The first-order valence-corrected chi connectivity index (χ1v) is 9.75. The molecular weight excluding hydrogens is 418 g/mol. The fourth-order valence-corrected chi connectivity index (χ4v) is 3.46. The van der Waals surface area contributed by atoms with E-state index in [-0.39, 0.29) is 37.6 Å². The van der Waals surface area contributed by atoms with Gasteiger partial charge >= 0.3 is 0 Å². The van der Waals surface area contributed by atoms with E-state index in [0.29, 0.717) is 11.8 Å². The van der Waals surface area contributed by atoms with Crippen molar-refractivity contribution < 1.29 is 18.7 Å². The van der Waals surface area contributed by atoms with Gasteiger partial charge in [0.1, 0.15) is 29.9 Å². The maximum Gasteiger partial charge on any atom is 0.221 e. The van der Waals surface area contributed by atoms with E-state index in [4.69, 9.17) is 0 Å². The van der Waals surface area contributed by atoms with Gasteiger partial charge in [-0.1, -0.05) is 18.2 Å². The lowest BCUT2D eigenvalue weighted by molar-refractivity contribution is -0.114. The number of aromatic nitrogens is 3. The van der Waals surface area contributed by atoms with E-state index in [0.717, 1.165) is 11.6 Å². The predicted octanol–water partition coefficient (Wildman–Crippen LogP) is 2.43. The number of carbonyl (C=O) groups is 1. The quantitative estimate of drug-likeness (QED) is 0.495. The summed E-state index contributed by atoms with van der Waals surface area (Å²) in [5.41, 5.74) is -0.488. The molecule has 0 bridgehead atoms. The molecule has 0 aliphatic rings. The number of halogens is 2. The van der Waals surface area contributed by atoms with Crippen molar-refractivity contribution in [2.45, 2.75) is 25.6 Å². The van der Waals surface area contributed by atoms with Crippen LogP contribution in [0.15, 0.2) is 55.1 Å². The number of amides is 1. The molecule has 1 unspecified atom stereocenters. The highest BCUT2D eigenvalue weighted by molar-refractivity contribution is 5.88. The Balaban J connectivity index is 1.87. The second kappa shape index (κ2) is 10.1. The molecule has 0 spiro atoms. The van der Waals surface area contributed by atoms with Crippen molar-refractivity contribution in [1.82, 2.24) is 19.7 Å². The molecule has 10 heteroatoms. The van der Waals surface area contributed by atoms with Gasteiger partial charge in [-0.25, -0.2) is 18.4 Å². The number of nitriles is 1. The van der Waals surface area contributed by atoms with Gasteiger partial charge in [0.2, 0.25) is 5.91 Å². The molecule has 1 heterocycles. The Labute approximate surface area is 183 Å². The Hall–Kier alpha value is -3.68. The van der Waals surface area contributed by atoms with Crippen molar-refractivity contribution in [2.24, 2.45) is 0 Å². The molecular formula is C22H22F2N6O2. The smallest absolute Gasteiger partial charge is 0.221 e. The molecule has 32 heavy (non-hydrogen) atoms. The summed E-state index contributed by atoms with van der Waals surface area (Å²) in [5.74, 6) is -1.85. The lowest BCUT2D eigenvalue weighted by atomic mass is 9.92. The molecule has 1 atom stereocenters. The minimum Gasteiger partial charge on any atom is -0.382 e. The van der Waals surface area contributed by atoms with Crippen LogP contribution in [0.1, 0.15) is 18.1 Å². The Morgan fingerprint density at radius 1 is 1.28 bits per heavy atom. The van der Waals surface area contributed by atoms with E-state index in [2.05, 4.69) is 21.5 Å². The summed E-state index contributed by atoms with van der Waals surface area (Å²) < 4.78 is 29.4. The molecule has 1 amide bonds. The highest BCUT2D eigenvalue weighted by Crippen LogP contribution is 2.28. The van der Waals surface area contributed by atoms with Crippen LogP contribution >= 0.6 is 0 Å². The van der Waals surface area contributed by atoms with E-state index in [1.165, 1.54) is 30.3 Å². The average Bonchev–Trinajstić information content (AvgIpc) is 3.21. The topological polar surface area (TPSA) is 107 Å². The highest BCUT2D eigenvalue weighted by Gasteiger charge is 2.35. The van der Waals surface area contributed by atoms with Crippen LogP contribution in [0.5, 0.6) is 0 Å². The molecule has 0 aliphatic carbocycles. The largest absolute Gasteiger partial charge is 0.382 e. The standard InChI is InChI=1S/C22H22F2N6O2/c1-16(31)28-19-5-2-17(3-6-19)11-29(9-8-25)12-22(32,13-30-15-26-14-27-30)20-7-4-18(23)10-21(20)24/h2-7,10,14-15,32H,9,11-13H2,1H3,(H,28,31). The first-order valence-electron chi connectivity index (χ1n) is 9.75. The molecule has 166 valence electrons. The number of anilines is 1. The molecule has 8 nitrogen and oxygen atoms in total. The van der Waals surface area contributed by atoms with Crippen molar-refractivity contribution in [1.29, 1.82) is 5.26 Å². The molecule has 0 aliphatic heterocycles. The Kier molecular flexibility index (Phi) is 7.25. The Morgan fingerprint density at radius 3 is 2.62 bits per heavy atom. The SMILES string of the molecule is CC(=O)Nc1ccc(CN(CC#N)CC(O)(Cn2cncn2)c2ccc(F)cc2F)cc1. The van der Waals surface area contributed by atoms with E-state index >= 15 is 0 Å². The van der Waals surface area contributed by atoms with E-state index in [1.54, 1.807) is 29.2 Å². The number of hydrogen-bond acceptors (Lipinski definition) is 6. The van der Waals surface area contributed by atoms with Gasteiger partial charge < -0.3 is 10.4 Å². The summed E-state index contributed by atoms with van der Waals surface area (Å²) in [6.45, 7) is 1.36. The van der Waals surface area contributed by atoms with Crippen LogP contribution in [0, 0.1) is 23.0 Å². The monoisotopic (exact) mass is 440 g/mol.